The number of pyridine rings is 1. The molecule has 2 aromatic carbocycles. The molecule has 5 heteroatoms. The Balaban J connectivity index is 2.25. The van der Waals surface area contributed by atoms with E-state index < -0.39 is 20.7 Å². The molecule has 1 heterocycles. The van der Waals surface area contributed by atoms with E-state index in [1.54, 1.807) is 12.1 Å². The van der Waals surface area contributed by atoms with Crippen LogP contribution in [0.4, 0.5) is 13.2 Å². The molecule has 0 atom stereocenters. The molecule has 0 radical (unpaired) electrons. The van der Waals surface area contributed by atoms with Gasteiger partial charge in [-0.15, -0.1) is 0 Å². The van der Waals surface area contributed by atoms with Gasteiger partial charge in [-0.25, -0.2) is 4.57 Å². The van der Waals surface area contributed by atoms with Crippen molar-refractivity contribution in [3.05, 3.63) is 59.3 Å². The molecule has 0 aliphatic heterocycles. The Morgan fingerprint density at radius 1 is 1.00 bits per heavy atom. The average molecular weight is 431 g/mol. The van der Waals surface area contributed by atoms with E-state index in [1.807, 2.05) is 31.7 Å². The number of fused-ring (bicyclic) bond motifs is 1. The van der Waals surface area contributed by atoms with Crippen LogP contribution in [0.2, 0.25) is 18.6 Å². The van der Waals surface area contributed by atoms with Crippen molar-refractivity contribution >= 4 is 24.0 Å². The molecule has 3 aromatic rings. The van der Waals surface area contributed by atoms with E-state index in [9.17, 15) is 13.2 Å². The summed E-state index contributed by atoms with van der Waals surface area (Å²) < 4.78 is 41.2. The molecule has 1 nitrogen and oxygen atoms in total. The maximum Gasteiger partial charge on any atom is 0.393 e. The van der Waals surface area contributed by atoms with Crippen LogP contribution in [-0.4, -0.2) is 14.3 Å². The normalized spacial score (nSPS) is 12.8. The Kier molecular flexibility index (Phi) is 5.89. The van der Waals surface area contributed by atoms with E-state index in [0.717, 1.165) is 33.2 Å². The van der Waals surface area contributed by atoms with Gasteiger partial charge in [0, 0.05) is 6.07 Å². The maximum atomic E-state index is 13.1. The van der Waals surface area contributed by atoms with E-state index in [0.29, 0.717) is 11.1 Å². The predicted octanol–water partition coefficient (Wildman–Crippen LogP) is 6.38. The van der Waals surface area contributed by atoms with Gasteiger partial charge in [-0.1, -0.05) is 50.3 Å². The van der Waals surface area contributed by atoms with E-state index in [4.69, 9.17) is 0 Å². The molecule has 0 N–H and O–H groups in total. The van der Waals surface area contributed by atoms with Gasteiger partial charge in [0.25, 0.3) is 0 Å². The van der Waals surface area contributed by atoms with Crippen LogP contribution in [0.15, 0.2) is 42.6 Å². The Morgan fingerprint density at radius 2 is 1.67 bits per heavy atom. The number of nitrogens with zero attached hydrogens (tertiary/aromatic N) is 1. The molecule has 0 saturated heterocycles. The third-order valence-corrected chi connectivity index (χ3v) is 11.4. The average Bonchev–Trinajstić information content (AvgIpc) is 2.63. The first-order valence-electron chi connectivity index (χ1n) is 10.4. The van der Waals surface area contributed by atoms with Gasteiger partial charge in [-0.2, -0.15) is 13.2 Å². The monoisotopic (exact) mass is 430 g/mol. The van der Waals surface area contributed by atoms with Crippen molar-refractivity contribution in [2.24, 2.45) is 7.05 Å². The number of benzene rings is 2. The second kappa shape index (κ2) is 7.84. The van der Waals surface area contributed by atoms with Crippen LogP contribution in [0, 0.1) is 13.8 Å². The summed E-state index contributed by atoms with van der Waals surface area (Å²) in [6, 6.07) is 12.1. The van der Waals surface area contributed by atoms with E-state index >= 15 is 0 Å². The highest BCUT2D eigenvalue weighted by Gasteiger charge is 2.30. The van der Waals surface area contributed by atoms with Crippen LogP contribution in [0.1, 0.15) is 30.5 Å². The van der Waals surface area contributed by atoms with Gasteiger partial charge < -0.3 is 0 Å². The van der Waals surface area contributed by atoms with Gasteiger partial charge in [0.1, 0.15) is 7.05 Å². The molecule has 0 fully saturated rings. The fourth-order valence-electron chi connectivity index (χ4n) is 3.96. The van der Waals surface area contributed by atoms with Gasteiger partial charge in [-0.05, 0) is 53.6 Å². The van der Waals surface area contributed by atoms with E-state index in [1.165, 1.54) is 5.19 Å². The zero-order valence-electron chi connectivity index (χ0n) is 18.9. The van der Waals surface area contributed by atoms with Gasteiger partial charge in [0.05, 0.1) is 25.4 Å². The number of rotatable bonds is 4. The van der Waals surface area contributed by atoms with Crippen LogP contribution < -0.4 is 9.75 Å². The van der Waals surface area contributed by atoms with Crippen molar-refractivity contribution < 1.29 is 17.7 Å². The smallest absolute Gasteiger partial charge is 0.200 e. The van der Waals surface area contributed by atoms with E-state index in [2.05, 4.69) is 51.2 Å². The van der Waals surface area contributed by atoms with Gasteiger partial charge in [0.2, 0.25) is 5.69 Å². The summed E-state index contributed by atoms with van der Waals surface area (Å²) in [7, 11) is 0.387. The van der Waals surface area contributed by atoms with Crippen LogP contribution in [0.5, 0.6) is 0 Å². The van der Waals surface area contributed by atoms with Crippen LogP contribution in [0.3, 0.4) is 0 Å². The topological polar surface area (TPSA) is 3.88 Å². The third-order valence-electron chi connectivity index (χ3n) is 6.71. The molecule has 0 aliphatic rings. The maximum absolute atomic E-state index is 13.1. The fourth-order valence-corrected chi connectivity index (χ4v) is 5.66. The minimum Gasteiger partial charge on any atom is -0.200 e. The molecular formula is C25H31F3NSi+. The Morgan fingerprint density at radius 3 is 2.27 bits per heavy atom. The Labute approximate surface area is 178 Å². The SMILES string of the molecule is Cc1cc(CC(F)(F)F)cc(-c2c3ccc([Si](C)(C)C(C)C)cc3cc[n+]2C)c1C. The molecule has 0 spiro atoms. The molecule has 0 aliphatic carbocycles. The lowest BCUT2D eigenvalue weighted by atomic mass is 9.93. The lowest BCUT2D eigenvalue weighted by molar-refractivity contribution is -0.659. The minimum atomic E-state index is -4.22. The lowest BCUT2D eigenvalue weighted by Crippen LogP contribution is -2.44. The zero-order chi connectivity index (χ0) is 22.4. The highest BCUT2D eigenvalue weighted by Crippen LogP contribution is 2.33. The number of alkyl halides is 3. The molecule has 0 bridgehead atoms. The summed E-state index contributed by atoms with van der Waals surface area (Å²) in [5, 5.41) is 3.62. The molecule has 160 valence electrons. The second-order valence-electron chi connectivity index (χ2n) is 9.33. The highest BCUT2D eigenvalue weighted by atomic mass is 28.3. The summed E-state index contributed by atoms with van der Waals surface area (Å²) in [6.07, 6.45) is -3.12. The van der Waals surface area contributed by atoms with Gasteiger partial charge in [0.15, 0.2) is 6.20 Å². The molecule has 0 saturated carbocycles. The fraction of sp³-hybridized carbons (Fsp3) is 0.400. The Hall–Kier alpha value is -2.14. The third kappa shape index (κ3) is 4.31. The van der Waals surface area contributed by atoms with Gasteiger partial charge in [-0.3, -0.25) is 0 Å². The first kappa shape index (κ1) is 22.5. The van der Waals surface area contributed by atoms with Crippen LogP contribution >= 0.6 is 0 Å². The minimum absolute atomic E-state index is 0.308. The van der Waals surface area contributed by atoms with E-state index in [-0.39, 0.29) is 0 Å². The summed E-state index contributed by atoms with van der Waals surface area (Å²) >= 11 is 0. The second-order valence-corrected chi connectivity index (χ2v) is 14.5. The number of aryl methyl sites for hydroxylation is 2. The van der Waals surface area contributed by atoms with Crippen molar-refractivity contribution in [3.8, 4) is 11.3 Å². The van der Waals surface area contributed by atoms with Crippen molar-refractivity contribution in [1.82, 2.24) is 0 Å². The molecular weight excluding hydrogens is 399 g/mol. The molecule has 30 heavy (non-hydrogen) atoms. The lowest BCUT2D eigenvalue weighted by Gasteiger charge is -2.27. The molecule has 1 aromatic heterocycles. The summed E-state index contributed by atoms with van der Waals surface area (Å²) in [6.45, 7) is 13.2. The quantitative estimate of drug-likeness (QED) is 0.334. The van der Waals surface area contributed by atoms with Crippen molar-refractivity contribution in [3.63, 3.8) is 0 Å². The summed E-state index contributed by atoms with van der Waals surface area (Å²) in [4.78, 5) is 0. The van der Waals surface area contributed by atoms with Crippen LogP contribution in [-0.2, 0) is 13.5 Å². The largest absolute Gasteiger partial charge is 0.393 e. The molecule has 3 rings (SSSR count). The van der Waals surface area contributed by atoms with Crippen molar-refractivity contribution in [2.45, 2.75) is 58.9 Å². The van der Waals surface area contributed by atoms with Crippen molar-refractivity contribution in [1.29, 1.82) is 0 Å². The first-order chi connectivity index (χ1) is 13.8. The number of hydrogen-bond acceptors (Lipinski definition) is 0. The number of aromatic nitrogens is 1. The number of hydrogen-bond donors (Lipinski definition) is 0. The highest BCUT2D eigenvalue weighted by molar-refractivity contribution is 6.91. The zero-order valence-corrected chi connectivity index (χ0v) is 19.9. The first-order valence-corrected chi connectivity index (χ1v) is 13.5. The summed E-state index contributed by atoms with van der Waals surface area (Å²) in [5.41, 5.74) is 4.67. The van der Waals surface area contributed by atoms with Crippen LogP contribution in [0.25, 0.3) is 22.0 Å². The molecule has 0 amide bonds. The number of halogens is 3. The van der Waals surface area contributed by atoms with Crippen molar-refractivity contribution in [2.75, 3.05) is 0 Å². The Bertz CT molecular complexity index is 1100. The predicted molar refractivity (Wildman–Crippen MR) is 122 cm³/mol. The standard InChI is InChI=1S/C25H31F3NSi/c1-16(2)30(6,7)21-8-9-22-20(14-21)10-11-29(5)24(22)23-13-19(15-25(26,27)28)12-17(3)18(23)4/h8-14,16H,15H2,1-7H3/q+1. The molecule has 0 unspecified atom stereocenters. The summed E-state index contributed by atoms with van der Waals surface area (Å²) in [5.74, 6) is 0. The van der Waals surface area contributed by atoms with Gasteiger partial charge >= 0.3 is 6.18 Å².